The van der Waals surface area contributed by atoms with Gasteiger partial charge in [-0.1, -0.05) is 19.8 Å². The normalized spacial score (nSPS) is 34.5. The molecule has 0 spiro atoms. The summed E-state index contributed by atoms with van der Waals surface area (Å²) in [4.78, 5) is 14.3. The molecule has 1 saturated carbocycles. The maximum Gasteiger partial charge on any atom is 0.315 e. The molecule has 3 atom stereocenters. The predicted molar refractivity (Wildman–Crippen MR) is 87.6 cm³/mol. The first-order valence-electron chi connectivity index (χ1n) is 8.15. The van der Waals surface area contributed by atoms with E-state index in [1.807, 2.05) is 0 Å². The minimum Gasteiger partial charge on any atom is -0.336 e. The monoisotopic (exact) mass is 331 g/mol. The number of hydrogen-bond acceptors (Lipinski definition) is 4. The zero-order valence-electron chi connectivity index (χ0n) is 13.9. The molecule has 2 amide bonds. The van der Waals surface area contributed by atoms with Gasteiger partial charge in [-0.2, -0.15) is 0 Å². The van der Waals surface area contributed by atoms with Crippen LogP contribution in [0.1, 0.15) is 39.0 Å². The molecule has 1 heterocycles. The highest BCUT2D eigenvalue weighted by molar-refractivity contribution is 7.91. The third kappa shape index (κ3) is 4.35. The van der Waals surface area contributed by atoms with Gasteiger partial charge in [0.05, 0.1) is 11.5 Å². The number of nitrogens with zero attached hydrogens (tertiary/aromatic N) is 1. The van der Waals surface area contributed by atoms with Crippen molar-refractivity contribution in [1.29, 1.82) is 0 Å². The SMILES string of the molecule is C[C@@H]1CCC[C@@](CNC(=O)N[C@H]2CCS(=O)(=O)C2)(N(C)C)C1. The van der Waals surface area contributed by atoms with Gasteiger partial charge >= 0.3 is 6.03 Å². The van der Waals surface area contributed by atoms with Gasteiger partial charge in [0, 0.05) is 18.1 Å². The van der Waals surface area contributed by atoms with Crippen molar-refractivity contribution >= 4 is 15.9 Å². The largest absolute Gasteiger partial charge is 0.336 e. The molecule has 7 heteroatoms. The van der Waals surface area contributed by atoms with E-state index in [1.54, 1.807) is 0 Å². The van der Waals surface area contributed by atoms with E-state index < -0.39 is 9.84 Å². The van der Waals surface area contributed by atoms with E-state index in [1.165, 1.54) is 12.8 Å². The Balaban J connectivity index is 1.86. The molecule has 0 bridgehead atoms. The van der Waals surface area contributed by atoms with E-state index in [9.17, 15) is 13.2 Å². The van der Waals surface area contributed by atoms with Crippen LogP contribution in [0.5, 0.6) is 0 Å². The fraction of sp³-hybridized carbons (Fsp3) is 0.933. The van der Waals surface area contributed by atoms with Gasteiger partial charge in [-0.15, -0.1) is 0 Å². The molecule has 2 fully saturated rings. The number of nitrogens with one attached hydrogen (secondary N) is 2. The van der Waals surface area contributed by atoms with Crippen LogP contribution >= 0.6 is 0 Å². The molecule has 0 aromatic rings. The van der Waals surface area contributed by atoms with E-state index in [2.05, 4.69) is 36.6 Å². The molecule has 0 aromatic carbocycles. The van der Waals surface area contributed by atoms with Gasteiger partial charge in [0.15, 0.2) is 9.84 Å². The van der Waals surface area contributed by atoms with Crippen molar-refractivity contribution in [2.24, 2.45) is 5.92 Å². The summed E-state index contributed by atoms with van der Waals surface area (Å²) in [5.74, 6) is 0.911. The lowest BCUT2D eigenvalue weighted by Crippen LogP contribution is -2.56. The van der Waals surface area contributed by atoms with Crippen molar-refractivity contribution in [1.82, 2.24) is 15.5 Å². The first-order valence-corrected chi connectivity index (χ1v) is 9.97. The standard InChI is InChI=1S/C15H29N3O3S/c1-12-5-4-7-15(9-12,18(2)3)11-16-14(19)17-13-6-8-22(20,21)10-13/h12-13H,4-11H2,1-3H3,(H2,16,17,19)/t12-,13+,15-/m1/s1. The lowest BCUT2D eigenvalue weighted by Gasteiger charge is -2.45. The number of likely N-dealkylation sites (N-methyl/N-ethyl adjacent to an activating group) is 1. The van der Waals surface area contributed by atoms with Gasteiger partial charge in [0.1, 0.15) is 0 Å². The summed E-state index contributed by atoms with van der Waals surface area (Å²) in [7, 11) is 1.18. The highest BCUT2D eigenvalue weighted by atomic mass is 32.2. The van der Waals surface area contributed by atoms with Crippen LogP contribution in [0, 0.1) is 5.92 Å². The Kier molecular flexibility index (Phi) is 5.37. The third-order valence-corrected chi connectivity index (χ3v) is 6.93. The highest BCUT2D eigenvalue weighted by Crippen LogP contribution is 2.35. The third-order valence-electron chi connectivity index (χ3n) is 5.16. The summed E-state index contributed by atoms with van der Waals surface area (Å²) in [6.07, 6.45) is 5.12. The Bertz CT molecular complexity index is 506. The molecular formula is C15H29N3O3S. The molecule has 1 aliphatic carbocycles. The maximum absolute atomic E-state index is 12.1. The molecule has 2 aliphatic rings. The summed E-state index contributed by atoms with van der Waals surface area (Å²) in [6.45, 7) is 2.87. The Hall–Kier alpha value is -0.820. The van der Waals surface area contributed by atoms with Crippen molar-refractivity contribution in [3.05, 3.63) is 0 Å². The van der Waals surface area contributed by atoms with Crippen molar-refractivity contribution in [3.63, 3.8) is 0 Å². The maximum atomic E-state index is 12.1. The second-order valence-electron chi connectivity index (χ2n) is 7.25. The van der Waals surface area contributed by atoms with Gasteiger partial charge in [-0.3, -0.25) is 0 Å². The van der Waals surface area contributed by atoms with Gasteiger partial charge in [-0.25, -0.2) is 13.2 Å². The quantitative estimate of drug-likeness (QED) is 0.805. The molecule has 2 rings (SSSR count). The number of carbonyl (C=O) groups is 1. The molecular weight excluding hydrogens is 302 g/mol. The smallest absolute Gasteiger partial charge is 0.315 e. The van der Waals surface area contributed by atoms with Crippen LogP contribution in [-0.4, -0.2) is 63.1 Å². The fourth-order valence-corrected chi connectivity index (χ4v) is 5.42. The van der Waals surface area contributed by atoms with Crippen LogP contribution in [0.2, 0.25) is 0 Å². The number of sulfone groups is 1. The van der Waals surface area contributed by atoms with E-state index >= 15 is 0 Å². The molecule has 2 N–H and O–H groups in total. The second-order valence-corrected chi connectivity index (χ2v) is 9.48. The first-order chi connectivity index (χ1) is 10.2. The Labute approximate surface area is 133 Å². The number of hydrogen-bond donors (Lipinski definition) is 2. The van der Waals surface area contributed by atoms with E-state index in [-0.39, 0.29) is 29.1 Å². The Morgan fingerprint density at radius 1 is 1.32 bits per heavy atom. The summed E-state index contributed by atoms with van der Waals surface area (Å²) in [6, 6.07) is -0.493. The van der Waals surface area contributed by atoms with Crippen LogP contribution in [0.25, 0.3) is 0 Å². The van der Waals surface area contributed by atoms with Gasteiger partial charge in [0.2, 0.25) is 0 Å². The van der Waals surface area contributed by atoms with Crippen LogP contribution in [0.15, 0.2) is 0 Å². The van der Waals surface area contributed by atoms with Gasteiger partial charge in [-0.05, 0) is 39.3 Å². The number of urea groups is 1. The van der Waals surface area contributed by atoms with E-state index in [0.29, 0.717) is 18.9 Å². The molecule has 128 valence electrons. The molecule has 1 saturated heterocycles. The minimum absolute atomic E-state index is 0.0107. The van der Waals surface area contributed by atoms with Crippen LogP contribution in [0.4, 0.5) is 4.79 Å². The van der Waals surface area contributed by atoms with E-state index in [4.69, 9.17) is 0 Å². The first kappa shape index (κ1) is 17.5. The van der Waals surface area contributed by atoms with Gasteiger partial charge in [0.25, 0.3) is 0 Å². The molecule has 0 radical (unpaired) electrons. The number of carbonyl (C=O) groups excluding carboxylic acids is 1. The highest BCUT2D eigenvalue weighted by Gasteiger charge is 2.37. The van der Waals surface area contributed by atoms with Crippen molar-refractivity contribution < 1.29 is 13.2 Å². The predicted octanol–water partition coefficient (Wildman–Crippen LogP) is 0.983. The number of amides is 2. The minimum atomic E-state index is -2.96. The zero-order valence-corrected chi connectivity index (χ0v) is 14.7. The summed E-state index contributed by atoms with van der Waals surface area (Å²) in [5.41, 5.74) is 0.0107. The van der Waals surface area contributed by atoms with Crippen molar-refractivity contribution in [3.8, 4) is 0 Å². The molecule has 0 aromatic heterocycles. The summed E-state index contributed by atoms with van der Waals surface area (Å²) in [5, 5.41) is 5.76. The van der Waals surface area contributed by atoms with Gasteiger partial charge < -0.3 is 15.5 Å². The molecule has 22 heavy (non-hydrogen) atoms. The second kappa shape index (κ2) is 6.74. The molecule has 0 unspecified atom stereocenters. The van der Waals surface area contributed by atoms with Crippen LogP contribution in [0.3, 0.4) is 0 Å². The summed E-state index contributed by atoms with van der Waals surface area (Å²) < 4.78 is 22.9. The Morgan fingerprint density at radius 3 is 2.59 bits per heavy atom. The number of rotatable bonds is 4. The van der Waals surface area contributed by atoms with Crippen LogP contribution < -0.4 is 10.6 Å². The summed E-state index contributed by atoms with van der Waals surface area (Å²) >= 11 is 0. The lowest BCUT2D eigenvalue weighted by atomic mass is 9.75. The van der Waals surface area contributed by atoms with Crippen LogP contribution in [-0.2, 0) is 9.84 Å². The van der Waals surface area contributed by atoms with E-state index in [0.717, 1.165) is 12.8 Å². The molecule has 1 aliphatic heterocycles. The lowest BCUT2D eigenvalue weighted by molar-refractivity contribution is 0.0772. The van der Waals surface area contributed by atoms with Crippen molar-refractivity contribution in [2.45, 2.75) is 50.6 Å². The fourth-order valence-electron chi connectivity index (χ4n) is 3.75. The average Bonchev–Trinajstić information content (AvgIpc) is 2.75. The molecule has 6 nitrogen and oxygen atoms in total. The topological polar surface area (TPSA) is 78.5 Å². The Morgan fingerprint density at radius 2 is 2.05 bits per heavy atom. The average molecular weight is 331 g/mol. The van der Waals surface area contributed by atoms with Crippen molar-refractivity contribution in [2.75, 3.05) is 32.1 Å². The zero-order chi connectivity index (χ0) is 16.4.